The van der Waals surface area contributed by atoms with Gasteiger partial charge in [0.25, 0.3) is 5.91 Å². The molecule has 0 aromatic heterocycles. The van der Waals surface area contributed by atoms with Gasteiger partial charge in [0.1, 0.15) is 6.17 Å². The van der Waals surface area contributed by atoms with Gasteiger partial charge in [-0.1, -0.05) is 54.6 Å². The number of alkyl halides is 4. The number of nitrogens with one attached hydrogen (secondary N) is 2. The number of anilines is 1. The molecule has 2 aliphatic rings. The average Bonchev–Trinajstić information content (AvgIpc) is 3.52. The number of para-hydroxylation sites is 1. The molecule has 0 radical (unpaired) electrons. The summed E-state index contributed by atoms with van der Waals surface area (Å²) in [5.41, 5.74) is 3.29. The lowest BCUT2D eigenvalue weighted by Crippen LogP contribution is -2.44. The van der Waals surface area contributed by atoms with E-state index >= 15 is 0 Å². The van der Waals surface area contributed by atoms with Crippen LogP contribution in [-0.4, -0.2) is 60.4 Å². The largest absolute Gasteiger partial charge is 0.490 e. The molecule has 0 spiro atoms. The van der Waals surface area contributed by atoms with Crippen LogP contribution in [0.2, 0.25) is 0 Å². The van der Waals surface area contributed by atoms with Crippen LogP contribution in [0.1, 0.15) is 24.0 Å². The summed E-state index contributed by atoms with van der Waals surface area (Å²) in [7, 11) is 0. The molecule has 0 saturated carbocycles. The highest BCUT2D eigenvalue weighted by atomic mass is 19.4. The number of fused-ring (bicyclic) bond motifs is 1. The van der Waals surface area contributed by atoms with Gasteiger partial charge in [0.2, 0.25) is 5.91 Å². The van der Waals surface area contributed by atoms with Gasteiger partial charge in [-0.2, -0.15) is 13.2 Å². The van der Waals surface area contributed by atoms with Crippen molar-refractivity contribution >= 4 is 23.5 Å². The Morgan fingerprint density at radius 2 is 1.76 bits per heavy atom. The predicted molar refractivity (Wildman–Crippen MR) is 133 cm³/mol. The van der Waals surface area contributed by atoms with Crippen molar-refractivity contribution in [3.05, 3.63) is 77.9 Å². The number of carbonyl (C=O) groups is 3. The lowest BCUT2D eigenvalue weighted by molar-refractivity contribution is -0.192. The van der Waals surface area contributed by atoms with Gasteiger partial charge >= 0.3 is 12.1 Å². The molecule has 3 N–H and O–H groups in total. The van der Waals surface area contributed by atoms with E-state index in [4.69, 9.17) is 9.90 Å². The lowest BCUT2D eigenvalue weighted by Gasteiger charge is -2.19. The van der Waals surface area contributed by atoms with Gasteiger partial charge in [0, 0.05) is 37.3 Å². The van der Waals surface area contributed by atoms with E-state index < -0.39 is 24.4 Å². The van der Waals surface area contributed by atoms with Gasteiger partial charge in [0.05, 0.1) is 6.04 Å². The molecule has 38 heavy (non-hydrogen) atoms. The van der Waals surface area contributed by atoms with Gasteiger partial charge in [-0.05, 0) is 36.5 Å². The zero-order valence-corrected chi connectivity index (χ0v) is 20.5. The van der Waals surface area contributed by atoms with Gasteiger partial charge in [-0.25, -0.2) is 9.18 Å². The number of benzene rings is 2. The fourth-order valence-corrected chi connectivity index (χ4v) is 4.21. The smallest absolute Gasteiger partial charge is 0.475 e. The van der Waals surface area contributed by atoms with Gasteiger partial charge in [-0.3, -0.25) is 9.59 Å². The maximum absolute atomic E-state index is 13.5. The summed E-state index contributed by atoms with van der Waals surface area (Å²) in [6, 6.07) is 17.1. The molecule has 4 rings (SSSR count). The van der Waals surface area contributed by atoms with Crippen molar-refractivity contribution in [3.63, 3.8) is 0 Å². The standard InChI is InChI=1S/C25H28FN3O2.C2HF3O2/c26-20-16-22(27-17-20)25(31)28-21(11-10-18-6-2-1-3-7-18)12-13-24(30)29-15-14-19-8-4-5-9-23(19)29;3-2(4,5)1(6)7/h1-9,12-13,20-22,27H,10-11,14-17H2,(H,28,31);(H,6,7)/b13-12+;/t20-,21-,22-;/m0./s1. The molecule has 0 unspecified atom stereocenters. The number of halogens is 4. The third-order valence-electron chi connectivity index (χ3n) is 6.17. The number of aryl methyl sites for hydroxylation is 1. The number of hydrogen-bond acceptors (Lipinski definition) is 4. The Labute approximate surface area is 217 Å². The maximum Gasteiger partial charge on any atom is 0.490 e. The second-order valence-corrected chi connectivity index (χ2v) is 8.96. The number of carbonyl (C=O) groups excluding carboxylic acids is 2. The summed E-state index contributed by atoms with van der Waals surface area (Å²) < 4.78 is 45.2. The number of nitrogens with zero attached hydrogens (tertiary/aromatic N) is 1. The molecule has 2 aromatic rings. The van der Waals surface area contributed by atoms with Crippen molar-refractivity contribution in [2.75, 3.05) is 18.0 Å². The molecular formula is C27H29F4N3O4. The maximum atomic E-state index is 13.5. The van der Waals surface area contributed by atoms with E-state index in [1.54, 1.807) is 17.1 Å². The number of aliphatic carboxylic acids is 1. The van der Waals surface area contributed by atoms with Crippen molar-refractivity contribution in [3.8, 4) is 0 Å². The highest BCUT2D eigenvalue weighted by molar-refractivity contribution is 6.03. The number of carboxylic acids is 1. The highest BCUT2D eigenvalue weighted by Crippen LogP contribution is 2.27. The van der Waals surface area contributed by atoms with Crippen LogP contribution in [0.4, 0.5) is 23.2 Å². The SMILES string of the molecule is O=C(N[C@H](/C=C/C(=O)N1CCc2ccccc21)CCc1ccccc1)[C@@H]1C[C@H](F)CN1.O=C(O)C(F)(F)F. The first kappa shape index (κ1) is 28.8. The number of carboxylic acid groups (broad SMARTS) is 1. The van der Waals surface area contributed by atoms with Crippen LogP contribution < -0.4 is 15.5 Å². The molecule has 7 nitrogen and oxygen atoms in total. The molecule has 0 bridgehead atoms. The van der Waals surface area contributed by atoms with Crippen LogP contribution in [0, 0.1) is 0 Å². The summed E-state index contributed by atoms with van der Waals surface area (Å²) in [6.07, 6.45) is -0.301. The van der Waals surface area contributed by atoms with Gasteiger partial charge < -0.3 is 20.6 Å². The van der Waals surface area contributed by atoms with Crippen LogP contribution in [0.15, 0.2) is 66.7 Å². The van der Waals surface area contributed by atoms with E-state index in [1.807, 2.05) is 54.6 Å². The lowest BCUT2D eigenvalue weighted by atomic mass is 10.0. The van der Waals surface area contributed by atoms with E-state index in [2.05, 4.69) is 10.6 Å². The summed E-state index contributed by atoms with van der Waals surface area (Å²) in [6.45, 7) is 0.864. The molecule has 1 saturated heterocycles. The molecule has 204 valence electrons. The fraction of sp³-hybridized carbons (Fsp3) is 0.370. The van der Waals surface area contributed by atoms with Crippen molar-refractivity contribution in [1.82, 2.24) is 10.6 Å². The minimum atomic E-state index is -5.08. The summed E-state index contributed by atoms with van der Waals surface area (Å²) in [4.78, 5) is 36.1. The molecule has 3 atom stereocenters. The molecule has 11 heteroatoms. The summed E-state index contributed by atoms with van der Waals surface area (Å²) in [5, 5.41) is 13.0. The molecule has 2 heterocycles. The molecule has 2 aromatic carbocycles. The Morgan fingerprint density at radius 1 is 1.11 bits per heavy atom. The normalized spacial score (nSPS) is 19.4. The van der Waals surface area contributed by atoms with Crippen molar-refractivity contribution < 1.29 is 37.1 Å². The Morgan fingerprint density at radius 3 is 2.39 bits per heavy atom. The Balaban J connectivity index is 0.000000505. The van der Waals surface area contributed by atoms with Gasteiger partial charge in [0.15, 0.2) is 0 Å². The molecule has 1 fully saturated rings. The van der Waals surface area contributed by atoms with Crippen LogP contribution in [0.25, 0.3) is 0 Å². The summed E-state index contributed by atoms with van der Waals surface area (Å²) in [5.74, 6) is -3.07. The predicted octanol–water partition coefficient (Wildman–Crippen LogP) is 3.58. The molecule has 2 aliphatic heterocycles. The van der Waals surface area contributed by atoms with Crippen LogP contribution in [-0.2, 0) is 27.2 Å². The van der Waals surface area contributed by atoms with Crippen LogP contribution >= 0.6 is 0 Å². The Hall–Kier alpha value is -3.73. The zero-order chi connectivity index (χ0) is 27.7. The Kier molecular flexibility index (Phi) is 10.0. The second-order valence-electron chi connectivity index (χ2n) is 8.96. The molecular weight excluding hydrogens is 506 g/mol. The van der Waals surface area contributed by atoms with Crippen molar-refractivity contribution in [2.24, 2.45) is 0 Å². The monoisotopic (exact) mass is 535 g/mol. The van der Waals surface area contributed by atoms with Crippen molar-refractivity contribution in [1.29, 1.82) is 0 Å². The quantitative estimate of drug-likeness (QED) is 0.372. The third kappa shape index (κ3) is 8.41. The summed E-state index contributed by atoms with van der Waals surface area (Å²) >= 11 is 0. The van der Waals surface area contributed by atoms with E-state index in [9.17, 15) is 27.2 Å². The minimum absolute atomic E-state index is 0.0910. The molecule has 2 amide bonds. The molecule has 0 aliphatic carbocycles. The first-order valence-corrected chi connectivity index (χ1v) is 12.1. The third-order valence-corrected chi connectivity index (χ3v) is 6.17. The first-order chi connectivity index (χ1) is 18.0. The average molecular weight is 536 g/mol. The first-order valence-electron chi connectivity index (χ1n) is 12.1. The number of rotatable bonds is 7. The zero-order valence-electron chi connectivity index (χ0n) is 20.5. The fourth-order valence-electron chi connectivity index (χ4n) is 4.21. The van der Waals surface area contributed by atoms with E-state index in [0.717, 1.165) is 24.1 Å². The highest BCUT2D eigenvalue weighted by Gasteiger charge is 2.38. The minimum Gasteiger partial charge on any atom is -0.475 e. The van der Waals surface area contributed by atoms with E-state index in [-0.39, 0.29) is 30.8 Å². The number of hydrogen-bond donors (Lipinski definition) is 3. The number of amides is 2. The topological polar surface area (TPSA) is 98.7 Å². The van der Waals surface area contributed by atoms with Crippen LogP contribution in [0.3, 0.4) is 0 Å². The Bertz CT molecular complexity index is 1140. The van der Waals surface area contributed by atoms with Gasteiger partial charge in [-0.15, -0.1) is 0 Å². The van der Waals surface area contributed by atoms with Crippen LogP contribution in [0.5, 0.6) is 0 Å². The van der Waals surface area contributed by atoms with Crippen molar-refractivity contribution in [2.45, 2.75) is 50.1 Å². The second kappa shape index (κ2) is 13.2. The van der Waals surface area contributed by atoms with E-state index in [1.165, 1.54) is 5.56 Å². The van der Waals surface area contributed by atoms with E-state index in [0.29, 0.717) is 13.0 Å².